The van der Waals surface area contributed by atoms with E-state index < -0.39 is 0 Å². The van der Waals surface area contributed by atoms with E-state index in [9.17, 15) is 0 Å². The number of ether oxygens (including phenoxy) is 2. The molecule has 3 heterocycles. The van der Waals surface area contributed by atoms with Crippen molar-refractivity contribution in [1.29, 1.82) is 0 Å². The zero-order chi connectivity index (χ0) is 25.5. The highest BCUT2D eigenvalue weighted by Crippen LogP contribution is 2.31. The number of nitrogens with zero attached hydrogens (tertiary/aromatic N) is 2. The van der Waals surface area contributed by atoms with Crippen LogP contribution in [-0.2, 0) is 9.47 Å². The van der Waals surface area contributed by atoms with Gasteiger partial charge in [0, 0.05) is 50.1 Å². The molecule has 3 N–H and O–H groups in total. The minimum atomic E-state index is -0.0496. The van der Waals surface area contributed by atoms with Gasteiger partial charge in [-0.05, 0) is 83.4 Å². The molecule has 198 valence electrons. The number of anilines is 2. The van der Waals surface area contributed by atoms with Crippen LogP contribution in [0.4, 0.5) is 11.6 Å². The summed E-state index contributed by atoms with van der Waals surface area (Å²) in [5.41, 5.74) is 1.70. The first-order valence-corrected chi connectivity index (χ1v) is 13.7. The molecule has 1 saturated carbocycles. The minimum Gasteiger partial charge on any atom is -0.383 e. The molecule has 0 amide bonds. The highest BCUT2D eigenvalue weighted by atomic mass is 35.5. The molecule has 4 rings (SSSR count). The van der Waals surface area contributed by atoms with Crippen molar-refractivity contribution >= 4 is 23.2 Å². The third-order valence-corrected chi connectivity index (χ3v) is 7.57. The summed E-state index contributed by atoms with van der Waals surface area (Å²) in [6.07, 6.45) is 8.36. The van der Waals surface area contributed by atoms with Crippen LogP contribution in [0.5, 0.6) is 0 Å². The van der Waals surface area contributed by atoms with E-state index >= 15 is 0 Å². The van der Waals surface area contributed by atoms with Crippen molar-refractivity contribution in [3.05, 3.63) is 35.5 Å². The van der Waals surface area contributed by atoms with E-state index in [2.05, 4.69) is 41.7 Å². The Bertz CT molecular complexity index is 980. The Labute approximate surface area is 221 Å². The Morgan fingerprint density at radius 2 is 1.92 bits per heavy atom. The fourth-order valence-corrected chi connectivity index (χ4v) is 5.69. The Balaban J connectivity index is 1.34. The Morgan fingerprint density at radius 3 is 2.67 bits per heavy atom. The molecule has 2 atom stereocenters. The first-order chi connectivity index (χ1) is 17.3. The highest BCUT2D eigenvalue weighted by molar-refractivity contribution is 6.33. The topological polar surface area (TPSA) is 80.3 Å². The molecule has 2 aromatic rings. The predicted octanol–water partition coefficient (Wildman–Crippen LogP) is 5.76. The third-order valence-electron chi connectivity index (χ3n) is 7.27. The van der Waals surface area contributed by atoms with Crippen molar-refractivity contribution in [1.82, 2.24) is 15.3 Å². The van der Waals surface area contributed by atoms with Crippen molar-refractivity contribution in [2.24, 2.45) is 5.92 Å². The SMILES string of the molecule is COC[C@H](C)NC1CCC(Nc2cc(-c3cccc(NCC4CCOC(C)(C)C4)n3)c(Cl)cn2)CC1. The molecule has 1 aliphatic heterocycles. The Kier molecular flexibility index (Phi) is 9.45. The predicted molar refractivity (Wildman–Crippen MR) is 148 cm³/mol. The van der Waals surface area contributed by atoms with Crippen molar-refractivity contribution < 1.29 is 9.47 Å². The maximum absolute atomic E-state index is 6.57. The van der Waals surface area contributed by atoms with E-state index in [1.165, 1.54) is 0 Å². The molecule has 1 aliphatic carbocycles. The number of hydrogen-bond donors (Lipinski definition) is 3. The lowest BCUT2D eigenvalue weighted by molar-refractivity contribution is -0.0699. The fourth-order valence-electron chi connectivity index (χ4n) is 5.49. The summed E-state index contributed by atoms with van der Waals surface area (Å²) in [5, 5.41) is 11.4. The number of methoxy groups -OCH3 is 1. The van der Waals surface area contributed by atoms with Crippen LogP contribution in [0.1, 0.15) is 59.3 Å². The Hall–Kier alpha value is -1.93. The summed E-state index contributed by atoms with van der Waals surface area (Å²) in [4.78, 5) is 9.42. The molecule has 0 spiro atoms. The molecule has 8 heteroatoms. The number of hydrogen-bond acceptors (Lipinski definition) is 7. The summed E-state index contributed by atoms with van der Waals surface area (Å²) in [6.45, 7) is 8.97. The zero-order valence-electron chi connectivity index (χ0n) is 22.1. The van der Waals surface area contributed by atoms with Gasteiger partial charge in [0.15, 0.2) is 0 Å². The highest BCUT2D eigenvalue weighted by Gasteiger charge is 2.28. The second-order valence-electron chi connectivity index (χ2n) is 11.0. The lowest BCUT2D eigenvalue weighted by Gasteiger charge is -2.35. The van der Waals surface area contributed by atoms with E-state index in [0.29, 0.717) is 29.1 Å². The van der Waals surface area contributed by atoms with E-state index in [1.807, 2.05) is 24.3 Å². The summed E-state index contributed by atoms with van der Waals surface area (Å²) < 4.78 is 11.1. The van der Waals surface area contributed by atoms with Crippen LogP contribution in [0.3, 0.4) is 0 Å². The molecule has 36 heavy (non-hydrogen) atoms. The first-order valence-electron chi connectivity index (χ1n) is 13.3. The number of aromatic nitrogens is 2. The summed E-state index contributed by atoms with van der Waals surface area (Å²) in [5.74, 6) is 2.30. The second-order valence-corrected chi connectivity index (χ2v) is 11.4. The van der Waals surface area contributed by atoms with E-state index in [1.54, 1.807) is 13.3 Å². The van der Waals surface area contributed by atoms with Crippen LogP contribution in [0.25, 0.3) is 11.3 Å². The normalized spacial score (nSPS) is 24.8. The number of rotatable bonds is 10. The van der Waals surface area contributed by atoms with Gasteiger partial charge >= 0.3 is 0 Å². The second kappa shape index (κ2) is 12.5. The zero-order valence-corrected chi connectivity index (χ0v) is 22.9. The maximum atomic E-state index is 6.57. The monoisotopic (exact) mass is 515 g/mol. The molecule has 7 nitrogen and oxygen atoms in total. The average Bonchev–Trinajstić information content (AvgIpc) is 2.85. The quantitative estimate of drug-likeness (QED) is 0.371. The van der Waals surface area contributed by atoms with Gasteiger partial charge in [0.1, 0.15) is 11.6 Å². The molecule has 0 aromatic carbocycles. The number of pyridine rings is 2. The molecular formula is C28H42ClN5O2. The minimum absolute atomic E-state index is 0.0496. The number of halogens is 1. The lowest BCUT2D eigenvalue weighted by Crippen LogP contribution is -2.42. The average molecular weight is 516 g/mol. The van der Waals surface area contributed by atoms with E-state index in [0.717, 1.165) is 81.2 Å². The van der Waals surface area contributed by atoms with Crippen LogP contribution in [-0.4, -0.2) is 60.6 Å². The summed E-state index contributed by atoms with van der Waals surface area (Å²) in [7, 11) is 1.75. The van der Waals surface area contributed by atoms with Gasteiger partial charge in [-0.2, -0.15) is 0 Å². The maximum Gasteiger partial charge on any atom is 0.126 e. The van der Waals surface area contributed by atoms with Crippen molar-refractivity contribution in [3.8, 4) is 11.3 Å². The molecule has 0 radical (unpaired) electrons. The van der Waals surface area contributed by atoms with Crippen molar-refractivity contribution in [2.45, 2.75) is 83.0 Å². The van der Waals surface area contributed by atoms with Gasteiger partial charge in [0.2, 0.25) is 0 Å². The Morgan fingerprint density at radius 1 is 1.14 bits per heavy atom. The molecule has 1 unspecified atom stereocenters. The molecule has 1 saturated heterocycles. The van der Waals surface area contributed by atoms with Gasteiger partial charge in [-0.25, -0.2) is 9.97 Å². The van der Waals surface area contributed by atoms with Gasteiger partial charge in [0.25, 0.3) is 0 Å². The standard InChI is InChI=1S/C28H42ClN5O2/c1-19(18-35-4)32-21-8-10-22(11-9-21)33-27-14-23(24(29)17-31-27)25-6-5-7-26(34-25)30-16-20-12-13-36-28(2,3)15-20/h5-7,14,17,19-22,32H,8-13,15-16,18H2,1-4H3,(H,30,34)(H,31,33)/t19-,20?,21?,22?/m0/s1. The van der Waals surface area contributed by atoms with Crippen LogP contribution < -0.4 is 16.0 Å². The van der Waals surface area contributed by atoms with Gasteiger partial charge in [-0.15, -0.1) is 0 Å². The van der Waals surface area contributed by atoms with Gasteiger partial charge in [0.05, 0.1) is 22.9 Å². The van der Waals surface area contributed by atoms with Crippen LogP contribution >= 0.6 is 11.6 Å². The molecule has 2 fully saturated rings. The van der Waals surface area contributed by atoms with Crippen molar-refractivity contribution in [3.63, 3.8) is 0 Å². The molecule has 0 bridgehead atoms. The van der Waals surface area contributed by atoms with E-state index in [-0.39, 0.29) is 5.60 Å². The fraction of sp³-hybridized carbons (Fsp3) is 0.643. The molecule has 2 aliphatic rings. The lowest BCUT2D eigenvalue weighted by atomic mass is 9.88. The summed E-state index contributed by atoms with van der Waals surface area (Å²) >= 11 is 6.57. The van der Waals surface area contributed by atoms with Gasteiger partial charge in [-0.3, -0.25) is 0 Å². The van der Waals surface area contributed by atoms with E-state index in [4.69, 9.17) is 26.1 Å². The van der Waals surface area contributed by atoms with Gasteiger partial charge in [-0.1, -0.05) is 17.7 Å². The van der Waals surface area contributed by atoms with Gasteiger partial charge < -0.3 is 25.4 Å². The largest absolute Gasteiger partial charge is 0.383 e. The van der Waals surface area contributed by atoms with Crippen LogP contribution in [0.15, 0.2) is 30.5 Å². The summed E-state index contributed by atoms with van der Waals surface area (Å²) in [6, 6.07) is 9.42. The van der Waals surface area contributed by atoms with Crippen LogP contribution in [0.2, 0.25) is 5.02 Å². The smallest absolute Gasteiger partial charge is 0.126 e. The third kappa shape index (κ3) is 7.78. The molecular weight excluding hydrogens is 474 g/mol. The van der Waals surface area contributed by atoms with Crippen LogP contribution in [0, 0.1) is 5.92 Å². The number of nitrogens with one attached hydrogen (secondary N) is 3. The first kappa shape index (κ1) is 27.1. The van der Waals surface area contributed by atoms with Crippen molar-refractivity contribution in [2.75, 3.05) is 37.5 Å². The molecule has 2 aromatic heterocycles.